The van der Waals surface area contributed by atoms with Crippen molar-refractivity contribution < 1.29 is 35.2 Å². The maximum atomic E-state index is 14.0. The molecule has 0 fully saturated rings. The van der Waals surface area contributed by atoms with E-state index in [1.54, 1.807) is 74.2 Å². The number of ketones is 1. The average Bonchev–Trinajstić information content (AvgIpc) is 3.06. The zero-order chi connectivity index (χ0) is 63.4. The van der Waals surface area contributed by atoms with Gasteiger partial charge in [-0.15, -0.1) is 0 Å². The lowest BCUT2D eigenvalue weighted by Gasteiger charge is -2.11. The Balaban J connectivity index is 0.000000134. The molecule has 13 rings (SSSR count). The van der Waals surface area contributed by atoms with Gasteiger partial charge in [-0.25, -0.2) is 76.7 Å². The number of carbonyl (C=O) groups is 1. The van der Waals surface area contributed by atoms with Crippen molar-refractivity contribution in [3.05, 3.63) is 127 Å². The van der Waals surface area contributed by atoms with E-state index in [0.29, 0.717) is 95.4 Å². The van der Waals surface area contributed by atoms with Crippen LogP contribution in [0.1, 0.15) is 28.4 Å². The fourth-order valence-corrected chi connectivity index (χ4v) is 9.40. The maximum Gasteiger partial charge on any atom is 0.416 e. The molecule has 35 heteroatoms. The Hall–Kier alpha value is -11.5. The number of hydrogen-bond acceptors (Lipinski definition) is 23. The van der Waals surface area contributed by atoms with E-state index in [4.69, 9.17) is 17.2 Å². The lowest BCUT2D eigenvalue weighted by atomic mass is 10.0. The fourth-order valence-electron chi connectivity index (χ4n) is 8.84. The molecule has 10 heterocycles. The Morgan fingerprint density at radius 2 is 1.07 bits per heavy atom. The van der Waals surface area contributed by atoms with Crippen LogP contribution in [0.2, 0.25) is 0 Å². The van der Waals surface area contributed by atoms with Gasteiger partial charge in [0.2, 0.25) is 10.0 Å². The number of aromatic nitrogens is 20. The first kappa shape index (κ1) is 61.1. The minimum absolute atomic E-state index is 0.0446. The number of H-pyrrole nitrogens is 2. The normalized spacial score (nSPS) is 11.3. The van der Waals surface area contributed by atoms with E-state index >= 15 is 0 Å². The van der Waals surface area contributed by atoms with Crippen LogP contribution in [0.5, 0.6) is 0 Å². The number of nitrogens with one attached hydrogen (secondary N) is 5. The van der Waals surface area contributed by atoms with Crippen molar-refractivity contribution in [1.29, 1.82) is 0 Å². The number of fused-ring (bicyclic) bond motifs is 5. The van der Waals surface area contributed by atoms with Gasteiger partial charge in [-0.05, 0) is 49.7 Å². The topological polar surface area (TPSA) is 405 Å². The number of anilines is 6. The van der Waals surface area contributed by atoms with Crippen LogP contribution in [0.4, 0.5) is 56.7 Å². The Bertz CT molecular complexity index is 4850. The summed E-state index contributed by atoms with van der Waals surface area (Å²) in [6.45, 7) is 2.74. The molecule has 0 aliphatic rings. The van der Waals surface area contributed by atoms with E-state index in [0.717, 1.165) is 29.2 Å². The van der Waals surface area contributed by atoms with Gasteiger partial charge in [-0.1, -0.05) is 30.3 Å². The molecule has 452 valence electrons. The van der Waals surface area contributed by atoms with Crippen LogP contribution in [0, 0.1) is 18.8 Å². The maximum absolute atomic E-state index is 14.0. The number of nitrogen functional groups attached to an aromatic ring is 3. The molecule has 10 aromatic heterocycles. The van der Waals surface area contributed by atoms with Crippen LogP contribution in [0.15, 0.2) is 98.6 Å². The highest BCUT2D eigenvalue weighted by atomic mass is 32.2. The zero-order valence-corrected chi connectivity index (χ0v) is 48.4. The minimum Gasteiger partial charge on any atom is -0.383 e. The molecule has 0 radical (unpaired) electrons. The second-order valence-electron chi connectivity index (χ2n) is 18.8. The Labute approximate surface area is 493 Å². The second-order valence-corrected chi connectivity index (χ2v) is 20.5. The number of Topliss-reactive ketones (excluding diaryl/α,β-unsaturated/α-hetero) is 1. The van der Waals surface area contributed by atoms with Gasteiger partial charge >= 0.3 is 12.3 Å². The van der Waals surface area contributed by atoms with Gasteiger partial charge in [0, 0.05) is 57.6 Å². The van der Waals surface area contributed by atoms with Crippen LogP contribution in [0.3, 0.4) is 0 Å². The van der Waals surface area contributed by atoms with Crippen molar-refractivity contribution in [3.8, 4) is 33.8 Å². The largest absolute Gasteiger partial charge is 0.416 e. The molecule has 0 saturated heterocycles. The Morgan fingerprint density at radius 3 is 1.56 bits per heavy atom. The number of halogens is 5. The molecule has 0 bridgehead atoms. The third-order valence-electron chi connectivity index (χ3n) is 12.8. The molecule has 0 aliphatic carbocycles. The lowest BCUT2D eigenvalue weighted by Crippen LogP contribution is -2.09. The number of aryl methyl sites for hydroxylation is 4. The summed E-state index contributed by atoms with van der Waals surface area (Å²) in [6, 6.07) is 15.3. The molecule has 0 aliphatic heterocycles. The van der Waals surface area contributed by atoms with Crippen molar-refractivity contribution in [1.82, 2.24) is 99.1 Å². The summed E-state index contributed by atoms with van der Waals surface area (Å²) < 4.78 is 95.6. The molecular formula is C53H51F5N26O3S. The quantitative estimate of drug-likeness (QED) is 0.0440. The standard InChI is InChI=1S/C14H12F3N5.C14H12FN5O.C13H14N6O2S.C6H6FN5.C6H7N5/c1-7-3-4-8(5-9(7)14(15,16)17)11-10-12(18)19-6-20-13(10)22(2)21-11;1-7(21)9-4-3-8(5-10(9)15)12-11-13(16)17-6-18-14(11)20(2)19-12;1-19-13-10(12(14)15-7-16-13)11(17-19)8-4-3-5-9(6-8)18-22(2,20)21;1-8-4-3-5(10-2-9-3)12-6(7)11-4;1-7-5-4-6(10-2-8-4)11-3-9-5/h3-6H,1-2H3,(H2,18,19,20);3-6H,1-2H3,(H2,16,17,18);3-7,18H,1-2H3,(H2,14,15,16);2H,1H3,(H2,8,9,10,11,12);2-3H,1H3,(H2,7,8,9,10,11). The number of imidazole rings is 2. The summed E-state index contributed by atoms with van der Waals surface area (Å²) in [4.78, 5) is 64.0. The Kier molecular flexibility index (Phi) is 17.3. The van der Waals surface area contributed by atoms with E-state index in [2.05, 4.69) is 100 Å². The summed E-state index contributed by atoms with van der Waals surface area (Å²) in [5.41, 5.74) is 24.7. The van der Waals surface area contributed by atoms with Gasteiger partial charge in [0.1, 0.15) is 76.7 Å². The summed E-state index contributed by atoms with van der Waals surface area (Å²) >= 11 is 0. The number of carbonyl (C=O) groups excluding carboxylic acids is 1. The molecule has 13 aromatic rings. The number of hydrogen-bond donors (Lipinski definition) is 8. The SMILES string of the molecule is CC(=O)c1ccc(-c2nn(C)c3ncnc(N)c23)cc1F.CNc1nc(F)nc2nc[nH]c12.CNc1ncnc2nc[nH]c12.Cc1ccc(-c2nn(C)c3ncnc(N)c23)cc1C(F)(F)F.Cn1nc(-c2cccc(NS(C)(=O)=O)c2)c2c(N)ncnc21. The predicted molar refractivity (Wildman–Crippen MR) is 319 cm³/mol. The van der Waals surface area contributed by atoms with Crippen LogP contribution in [-0.2, 0) is 37.3 Å². The Morgan fingerprint density at radius 1 is 0.591 bits per heavy atom. The molecule has 0 atom stereocenters. The number of sulfonamides is 1. The summed E-state index contributed by atoms with van der Waals surface area (Å²) in [5.74, 6) is 1.06. The third-order valence-corrected chi connectivity index (χ3v) is 13.4. The number of benzene rings is 3. The summed E-state index contributed by atoms with van der Waals surface area (Å²) in [5, 5.41) is 20.3. The van der Waals surface area contributed by atoms with Gasteiger partial charge in [-0.3, -0.25) is 9.52 Å². The molecule has 88 heavy (non-hydrogen) atoms. The smallest absolute Gasteiger partial charge is 0.383 e. The minimum atomic E-state index is -4.42. The summed E-state index contributed by atoms with van der Waals surface area (Å²) in [7, 11) is 5.25. The lowest BCUT2D eigenvalue weighted by molar-refractivity contribution is -0.138. The van der Waals surface area contributed by atoms with E-state index in [1.807, 2.05) is 13.1 Å². The first-order valence-corrected chi connectivity index (χ1v) is 27.5. The molecule has 0 amide bonds. The molecule has 0 unspecified atom stereocenters. The van der Waals surface area contributed by atoms with Crippen molar-refractivity contribution in [2.45, 2.75) is 20.0 Å². The van der Waals surface area contributed by atoms with E-state index < -0.39 is 33.7 Å². The highest BCUT2D eigenvalue weighted by molar-refractivity contribution is 7.92. The van der Waals surface area contributed by atoms with Crippen molar-refractivity contribution in [2.75, 3.05) is 52.9 Å². The first-order valence-electron chi connectivity index (χ1n) is 25.6. The number of alkyl halides is 3. The van der Waals surface area contributed by atoms with Gasteiger partial charge in [0.15, 0.2) is 45.7 Å². The molecule has 0 spiro atoms. The van der Waals surface area contributed by atoms with Gasteiger partial charge in [0.25, 0.3) is 0 Å². The van der Waals surface area contributed by atoms with Crippen LogP contribution < -0.4 is 32.6 Å². The first-order chi connectivity index (χ1) is 41.8. The molecular weight excluding hydrogens is 1180 g/mol. The van der Waals surface area contributed by atoms with Crippen molar-refractivity contribution in [3.63, 3.8) is 0 Å². The van der Waals surface area contributed by atoms with E-state index in [1.165, 1.54) is 68.4 Å². The van der Waals surface area contributed by atoms with Crippen molar-refractivity contribution in [2.24, 2.45) is 21.1 Å². The monoisotopic (exact) mass is 1230 g/mol. The molecule has 29 nitrogen and oxygen atoms in total. The number of rotatable bonds is 8. The summed E-state index contributed by atoms with van der Waals surface area (Å²) in [6.07, 6.45) is 4.44. The van der Waals surface area contributed by atoms with Gasteiger partial charge in [0.05, 0.1) is 46.2 Å². The number of nitrogens with two attached hydrogens (primary N) is 3. The second kappa shape index (κ2) is 25.0. The predicted octanol–water partition coefficient (Wildman–Crippen LogP) is 6.81. The van der Waals surface area contributed by atoms with Gasteiger partial charge < -0.3 is 37.8 Å². The molecule has 11 N–H and O–H groups in total. The molecule has 3 aromatic carbocycles. The fraction of sp³-hybridized carbons (Fsp3) is 0.170. The van der Waals surface area contributed by atoms with E-state index in [-0.39, 0.29) is 28.5 Å². The molecule has 0 saturated carbocycles. The third kappa shape index (κ3) is 13.1. The van der Waals surface area contributed by atoms with Crippen LogP contribution in [0.25, 0.3) is 89.2 Å². The number of nitrogens with zero attached hydrogens (tertiary/aromatic N) is 18. The van der Waals surface area contributed by atoms with Crippen molar-refractivity contribution >= 4 is 106 Å². The van der Waals surface area contributed by atoms with E-state index in [9.17, 15) is 35.2 Å². The number of aromatic amines is 2. The highest BCUT2D eigenvalue weighted by Gasteiger charge is 2.33. The highest BCUT2D eigenvalue weighted by Crippen LogP contribution is 2.37. The van der Waals surface area contributed by atoms with Crippen LogP contribution in [-0.4, -0.2) is 134 Å². The van der Waals surface area contributed by atoms with Gasteiger partial charge in [-0.2, -0.15) is 42.8 Å². The van der Waals surface area contributed by atoms with Crippen LogP contribution >= 0.6 is 0 Å². The zero-order valence-electron chi connectivity index (χ0n) is 47.5. The average molecular weight is 1230 g/mol.